The van der Waals surface area contributed by atoms with E-state index in [1.54, 1.807) is 0 Å². The highest BCUT2D eigenvalue weighted by atomic mass is 79.9. The van der Waals surface area contributed by atoms with Gasteiger partial charge in [0, 0.05) is 22.6 Å². The summed E-state index contributed by atoms with van der Waals surface area (Å²) in [6, 6.07) is 6.07. The molecule has 1 saturated heterocycles. The molecule has 1 atom stereocenters. The highest BCUT2D eigenvalue weighted by molar-refractivity contribution is 9.10. The van der Waals surface area contributed by atoms with Crippen LogP contribution in [0, 0.1) is 5.92 Å². The number of halogens is 2. The zero-order valence-electron chi connectivity index (χ0n) is 10.8. The first-order valence-corrected chi connectivity index (χ1v) is 7.67. The number of hydrogen-bond acceptors (Lipinski definition) is 2. The van der Waals surface area contributed by atoms with E-state index in [0.717, 1.165) is 28.5 Å². The Morgan fingerprint density at radius 1 is 1.50 bits per heavy atom. The molecule has 1 heterocycles. The van der Waals surface area contributed by atoms with Gasteiger partial charge in [-0.1, -0.05) is 33.6 Å². The van der Waals surface area contributed by atoms with Crippen molar-refractivity contribution in [3.05, 3.63) is 33.3 Å². The molecule has 1 N–H and O–H groups in total. The first-order chi connectivity index (χ1) is 8.69. The van der Waals surface area contributed by atoms with Crippen LogP contribution in [0.15, 0.2) is 22.7 Å². The third-order valence-corrected chi connectivity index (χ3v) is 4.48. The van der Waals surface area contributed by atoms with E-state index in [1.165, 1.54) is 31.5 Å². The Labute approximate surface area is 123 Å². The van der Waals surface area contributed by atoms with Crippen LogP contribution in [-0.4, -0.2) is 31.6 Å². The molecular weight excluding hydrogens is 312 g/mol. The van der Waals surface area contributed by atoms with Crippen molar-refractivity contribution in [2.75, 3.05) is 26.7 Å². The van der Waals surface area contributed by atoms with Crippen LogP contribution in [0.3, 0.4) is 0 Å². The summed E-state index contributed by atoms with van der Waals surface area (Å²) in [7, 11) is 2.04. The fourth-order valence-electron chi connectivity index (χ4n) is 2.64. The molecule has 1 aliphatic rings. The average molecular weight is 332 g/mol. The van der Waals surface area contributed by atoms with Crippen molar-refractivity contribution in [1.82, 2.24) is 10.2 Å². The molecule has 1 aromatic carbocycles. The first kappa shape index (κ1) is 14.3. The molecule has 0 aliphatic carbocycles. The third kappa shape index (κ3) is 3.95. The number of rotatable bonds is 4. The summed E-state index contributed by atoms with van der Waals surface area (Å²) in [5.41, 5.74) is 1.32. The van der Waals surface area contributed by atoms with E-state index in [4.69, 9.17) is 11.6 Å². The van der Waals surface area contributed by atoms with Gasteiger partial charge in [0.05, 0.1) is 0 Å². The summed E-state index contributed by atoms with van der Waals surface area (Å²) in [5.74, 6) is 0.787. The fourth-order valence-corrected chi connectivity index (χ4v) is 3.45. The number of hydrogen-bond donors (Lipinski definition) is 1. The SMILES string of the molecule is CNCC1CCCN(Cc2ccc(Cl)cc2Br)C1. The van der Waals surface area contributed by atoms with Crippen molar-refractivity contribution in [3.8, 4) is 0 Å². The normalized spacial score (nSPS) is 21.2. The molecule has 0 spiro atoms. The molecule has 0 radical (unpaired) electrons. The van der Waals surface area contributed by atoms with Crippen LogP contribution in [0.5, 0.6) is 0 Å². The van der Waals surface area contributed by atoms with Gasteiger partial charge in [-0.25, -0.2) is 0 Å². The zero-order valence-corrected chi connectivity index (χ0v) is 13.1. The highest BCUT2D eigenvalue weighted by Gasteiger charge is 2.19. The quantitative estimate of drug-likeness (QED) is 0.908. The molecule has 1 fully saturated rings. The molecule has 1 aromatic rings. The lowest BCUT2D eigenvalue weighted by Gasteiger charge is -2.32. The largest absolute Gasteiger partial charge is 0.319 e. The molecule has 18 heavy (non-hydrogen) atoms. The lowest BCUT2D eigenvalue weighted by molar-refractivity contribution is 0.166. The maximum atomic E-state index is 5.97. The van der Waals surface area contributed by atoms with Gasteiger partial charge in [0.25, 0.3) is 0 Å². The van der Waals surface area contributed by atoms with Crippen molar-refractivity contribution < 1.29 is 0 Å². The van der Waals surface area contributed by atoms with E-state index < -0.39 is 0 Å². The van der Waals surface area contributed by atoms with Gasteiger partial charge in [0.15, 0.2) is 0 Å². The molecule has 1 unspecified atom stereocenters. The number of nitrogens with one attached hydrogen (secondary N) is 1. The van der Waals surface area contributed by atoms with E-state index in [1.807, 2.05) is 19.2 Å². The Morgan fingerprint density at radius 3 is 3.06 bits per heavy atom. The van der Waals surface area contributed by atoms with Crippen molar-refractivity contribution in [3.63, 3.8) is 0 Å². The van der Waals surface area contributed by atoms with Crippen LogP contribution in [0.4, 0.5) is 0 Å². The zero-order chi connectivity index (χ0) is 13.0. The van der Waals surface area contributed by atoms with E-state index in [9.17, 15) is 0 Å². The van der Waals surface area contributed by atoms with Gasteiger partial charge >= 0.3 is 0 Å². The second kappa shape index (κ2) is 6.90. The van der Waals surface area contributed by atoms with E-state index in [2.05, 4.69) is 32.2 Å². The number of likely N-dealkylation sites (tertiary alicyclic amines) is 1. The van der Waals surface area contributed by atoms with Crippen molar-refractivity contribution >= 4 is 27.5 Å². The third-order valence-electron chi connectivity index (χ3n) is 3.50. The molecule has 2 nitrogen and oxygen atoms in total. The summed E-state index contributed by atoms with van der Waals surface area (Å²) in [5, 5.41) is 4.08. The smallest absolute Gasteiger partial charge is 0.0417 e. The molecule has 0 bridgehead atoms. The minimum Gasteiger partial charge on any atom is -0.319 e. The van der Waals surface area contributed by atoms with Crippen molar-refractivity contribution in [2.45, 2.75) is 19.4 Å². The second-order valence-corrected chi connectivity index (χ2v) is 6.33. The molecule has 0 aromatic heterocycles. The summed E-state index contributed by atoms with van der Waals surface area (Å²) in [4.78, 5) is 2.54. The van der Waals surface area contributed by atoms with E-state index in [-0.39, 0.29) is 0 Å². The van der Waals surface area contributed by atoms with Crippen LogP contribution < -0.4 is 5.32 Å². The van der Waals surface area contributed by atoms with Gasteiger partial charge in [0.2, 0.25) is 0 Å². The summed E-state index contributed by atoms with van der Waals surface area (Å²) in [6.07, 6.45) is 2.65. The highest BCUT2D eigenvalue weighted by Crippen LogP contribution is 2.25. The topological polar surface area (TPSA) is 15.3 Å². The monoisotopic (exact) mass is 330 g/mol. The van der Waals surface area contributed by atoms with Crippen LogP contribution in [0.1, 0.15) is 18.4 Å². The molecule has 0 amide bonds. The molecular formula is C14H20BrClN2. The standard InChI is InChI=1S/C14H20BrClN2/c1-17-8-11-3-2-6-18(9-11)10-12-4-5-13(16)7-14(12)15/h4-5,7,11,17H,2-3,6,8-10H2,1H3. The lowest BCUT2D eigenvalue weighted by atomic mass is 9.97. The molecule has 2 rings (SSSR count). The average Bonchev–Trinajstić information content (AvgIpc) is 2.34. The van der Waals surface area contributed by atoms with Crippen LogP contribution in [0.25, 0.3) is 0 Å². The number of piperidine rings is 1. The van der Waals surface area contributed by atoms with Gasteiger partial charge in [-0.05, 0) is 56.6 Å². The first-order valence-electron chi connectivity index (χ1n) is 6.50. The molecule has 4 heteroatoms. The van der Waals surface area contributed by atoms with E-state index >= 15 is 0 Å². The summed E-state index contributed by atoms with van der Waals surface area (Å²) < 4.78 is 1.12. The van der Waals surface area contributed by atoms with Crippen LogP contribution >= 0.6 is 27.5 Å². The van der Waals surface area contributed by atoms with Gasteiger partial charge in [-0.2, -0.15) is 0 Å². The number of benzene rings is 1. The Kier molecular flexibility index (Phi) is 5.49. The van der Waals surface area contributed by atoms with Gasteiger partial charge in [-0.15, -0.1) is 0 Å². The lowest BCUT2D eigenvalue weighted by Crippen LogP contribution is -2.38. The minimum absolute atomic E-state index is 0.787. The molecule has 100 valence electrons. The Balaban J connectivity index is 1.96. The Morgan fingerprint density at radius 2 is 2.33 bits per heavy atom. The van der Waals surface area contributed by atoms with Crippen LogP contribution in [-0.2, 0) is 6.54 Å². The number of nitrogens with zero attached hydrogens (tertiary/aromatic N) is 1. The van der Waals surface area contributed by atoms with Gasteiger partial charge in [0.1, 0.15) is 0 Å². The van der Waals surface area contributed by atoms with E-state index in [0.29, 0.717) is 0 Å². The van der Waals surface area contributed by atoms with Gasteiger partial charge < -0.3 is 5.32 Å². The minimum atomic E-state index is 0.787. The predicted octanol–water partition coefficient (Wildman–Crippen LogP) is 3.53. The molecule has 1 aliphatic heterocycles. The van der Waals surface area contributed by atoms with Crippen molar-refractivity contribution in [2.24, 2.45) is 5.92 Å². The Hall–Kier alpha value is -0.0900. The fraction of sp³-hybridized carbons (Fsp3) is 0.571. The van der Waals surface area contributed by atoms with Crippen LogP contribution in [0.2, 0.25) is 5.02 Å². The maximum Gasteiger partial charge on any atom is 0.0417 e. The maximum absolute atomic E-state index is 5.97. The second-order valence-electron chi connectivity index (χ2n) is 5.04. The van der Waals surface area contributed by atoms with Crippen molar-refractivity contribution in [1.29, 1.82) is 0 Å². The Bertz CT molecular complexity index is 395. The predicted molar refractivity (Wildman–Crippen MR) is 81.1 cm³/mol. The van der Waals surface area contributed by atoms with Gasteiger partial charge in [-0.3, -0.25) is 4.90 Å². The molecule has 0 saturated carbocycles. The summed E-state index contributed by atoms with van der Waals surface area (Å²) >= 11 is 9.57. The summed E-state index contributed by atoms with van der Waals surface area (Å²) in [6.45, 7) is 4.53.